The molecule has 0 bridgehead atoms. The Hall–Kier alpha value is -1.81. The van der Waals surface area contributed by atoms with Gasteiger partial charge in [0, 0.05) is 31.9 Å². The number of benzene rings is 1. The highest BCUT2D eigenvalue weighted by Gasteiger charge is 2.20. The number of allylic oxidation sites excluding steroid dienone is 1. The summed E-state index contributed by atoms with van der Waals surface area (Å²) in [6.07, 6.45) is 0.813. The van der Waals surface area contributed by atoms with Gasteiger partial charge in [0.05, 0.1) is 5.57 Å². The number of rotatable bonds is 4. The number of nitrogens with two attached hydrogens (primary N) is 1. The molecule has 4 heteroatoms. The Labute approximate surface area is 114 Å². The highest BCUT2D eigenvalue weighted by Crippen LogP contribution is 2.23. The number of nitrogens with one attached hydrogen (secondary N) is 1. The van der Waals surface area contributed by atoms with Gasteiger partial charge in [0.25, 0.3) is 5.91 Å². The standard InChI is InChI=1S/C15H21N3O/c1-2-13(18-10-8-17-9-11-18)14(15(16)19)12-6-4-3-5-7-12/h3-7,17H,2,8-11H2,1H3,(H2,16,19). The van der Waals surface area contributed by atoms with Gasteiger partial charge in [-0.05, 0) is 12.0 Å². The van der Waals surface area contributed by atoms with E-state index in [0.29, 0.717) is 5.57 Å². The average molecular weight is 259 g/mol. The van der Waals surface area contributed by atoms with Crippen LogP contribution in [0.25, 0.3) is 5.57 Å². The third kappa shape index (κ3) is 3.15. The molecule has 4 nitrogen and oxygen atoms in total. The molecule has 0 aliphatic carbocycles. The van der Waals surface area contributed by atoms with Crippen LogP contribution in [-0.2, 0) is 4.79 Å². The summed E-state index contributed by atoms with van der Waals surface area (Å²) < 4.78 is 0. The predicted molar refractivity (Wildman–Crippen MR) is 77.3 cm³/mol. The van der Waals surface area contributed by atoms with Crippen LogP contribution in [0.4, 0.5) is 0 Å². The molecule has 102 valence electrons. The first kappa shape index (κ1) is 13.6. The van der Waals surface area contributed by atoms with Crippen molar-refractivity contribution in [3.8, 4) is 0 Å². The van der Waals surface area contributed by atoms with Crippen LogP contribution in [0.3, 0.4) is 0 Å². The Balaban J connectivity index is 2.43. The third-order valence-corrected chi connectivity index (χ3v) is 3.43. The largest absolute Gasteiger partial charge is 0.372 e. The van der Waals surface area contributed by atoms with Crippen LogP contribution in [0.1, 0.15) is 18.9 Å². The minimum absolute atomic E-state index is 0.346. The quantitative estimate of drug-likeness (QED) is 0.799. The Kier molecular flexibility index (Phi) is 4.58. The lowest BCUT2D eigenvalue weighted by Gasteiger charge is -2.32. The molecule has 2 rings (SSSR count). The molecule has 0 aromatic heterocycles. The second kappa shape index (κ2) is 6.38. The Morgan fingerprint density at radius 2 is 1.89 bits per heavy atom. The first-order chi connectivity index (χ1) is 9.24. The van der Waals surface area contributed by atoms with Crippen LogP contribution in [0.15, 0.2) is 36.0 Å². The molecule has 1 aromatic carbocycles. The van der Waals surface area contributed by atoms with Gasteiger partial charge in [-0.1, -0.05) is 37.3 Å². The zero-order valence-electron chi connectivity index (χ0n) is 11.4. The molecular weight excluding hydrogens is 238 g/mol. The molecule has 1 heterocycles. The van der Waals surface area contributed by atoms with Crippen LogP contribution < -0.4 is 11.1 Å². The SMILES string of the molecule is CCC(=C(C(N)=O)c1ccccc1)N1CCNCC1. The molecule has 1 aromatic rings. The molecule has 1 aliphatic rings. The van der Waals surface area contributed by atoms with Crippen LogP contribution in [0.5, 0.6) is 0 Å². The van der Waals surface area contributed by atoms with Crippen molar-refractivity contribution in [1.29, 1.82) is 0 Å². The molecule has 0 unspecified atom stereocenters. The van der Waals surface area contributed by atoms with Crippen molar-refractivity contribution in [2.45, 2.75) is 13.3 Å². The molecule has 0 spiro atoms. The Morgan fingerprint density at radius 3 is 2.42 bits per heavy atom. The lowest BCUT2D eigenvalue weighted by molar-refractivity contribution is -0.112. The van der Waals surface area contributed by atoms with E-state index in [4.69, 9.17) is 5.73 Å². The first-order valence-corrected chi connectivity index (χ1v) is 6.78. The van der Waals surface area contributed by atoms with Gasteiger partial charge in [-0.2, -0.15) is 0 Å². The fraction of sp³-hybridized carbons (Fsp3) is 0.400. The topological polar surface area (TPSA) is 58.4 Å². The van der Waals surface area contributed by atoms with E-state index < -0.39 is 0 Å². The molecule has 19 heavy (non-hydrogen) atoms. The number of carbonyl (C=O) groups excluding carboxylic acids is 1. The molecule has 0 radical (unpaired) electrons. The third-order valence-electron chi connectivity index (χ3n) is 3.43. The van der Waals surface area contributed by atoms with Crippen molar-refractivity contribution in [2.75, 3.05) is 26.2 Å². The van der Waals surface area contributed by atoms with Gasteiger partial charge >= 0.3 is 0 Å². The highest BCUT2D eigenvalue weighted by atomic mass is 16.1. The number of hydrogen-bond acceptors (Lipinski definition) is 3. The van der Waals surface area contributed by atoms with Gasteiger partial charge < -0.3 is 16.0 Å². The maximum Gasteiger partial charge on any atom is 0.251 e. The van der Waals surface area contributed by atoms with Crippen molar-refractivity contribution in [1.82, 2.24) is 10.2 Å². The number of hydrogen-bond donors (Lipinski definition) is 2. The summed E-state index contributed by atoms with van der Waals surface area (Å²) in [5.41, 5.74) is 8.23. The van der Waals surface area contributed by atoms with Crippen molar-refractivity contribution >= 4 is 11.5 Å². The fourth-order valence-electron chi connectivity index (χ4n) is 2.55. The molecular formula is C15H21N3O. The molecule has 1 amide bonds. The van der Waals surface area contributed by atoms with Crippen molar-refractivity contribution in [3.05, 3.63) is 41.6 Å². The molecule has 1 aliphatic heterocycles. The number of carbonyl (C=O) groups is 1. The van der Waals surface area contributed by atoms with Crippen molar-refractivity contribution in [3.63, 3.8) is 0 Å². The Bertz CT molecular complexity index is 462. The molecule has 3 N–H and O–H groups in total. The molecule has 1 saturated heterocycles. The lowest BCUT2D eigenvalue weighted by Crippen LogP contribution is -2.43. The maximum atomic E-state index is 11.9. The van der Waals surface area contributed by atoms with Gasteiger partial charge in [0.15, 0.2) is 0 Å². The lowest BCUT2D eigenvalue weighted by atomic mass is 10.0. The van der Waals surface area contributed by atoms with E-state index in [0.717, 1.165) is 43.9 Å². The summed E-state index contributed by atoms with van der Waals surface area (Å²) in [6, 6.07) is 9.70. The van der Waals surface area contributed by atoms with Crippen molar-refractivity contribution < 1.29 is 4.79 Å². The zero-order valence-corrected chi connectivity index (χ0v) is 11.4. The van der Waals surface area contributed by atoms with Gasteiger partial charge in [-0.15, -0.1) is 0 Å². The van der Waals surface area contributed by atoms with Crippen LogP contribution in [-0.4, -0.2) is 37.0 Å². The summed E-state index contributed by atoms with van der Waals surface area (Å²) in [5, 5.41) is 3.32. The Morgan fingerprint density at radius 1 is 1.26 bits per heavy atom. The second-order valence-electron chi connectivity index (χ2n) is 4.64. The summed E-state index contributed by atoms with van der Waals surface area (Å²) in [6.45, 7) is 5.82. The van der Waals surface area contributed by atoms with E-state index in [1.807, 2.05) is 30.3 Å². The van der Waals surface area contributed by atoms with E-state index in [1.165, 1.54) is 0 Å². The van der Waals surface area contributed by atoms with Gasteiger partial charge in [0.1, 0.15) is 0 Å². The number of piperazine rings is 1. The van der Waals surface area contributed by atoms with E-state index >= 15 is 0 Å². The van der Waals surface area contributed by atoms with E-state index in [-0.39, 0.29) is 5.91 Å². The van der Waals surface area contributed by atoms with E-state index in [2.05, 4.69) is 17.1 Å². The van der Waals surface area contributed by atoms with Crippen LogP contribution in [0, 0.1) is 0 Å². The number of amides is 1. The second-order valence-corrected chi connectivity index (χ2v) is 4.64. The maximum absolute atomic E-state index is 11.9. The summed E-state index contributed by atoms with van der Waals surface area (Å²) in [5.74, 6) is -0.346. The van der Waals surface area contributed by atoms with Crippen molar-refractivity contribution in [2.24, 2.45) is 5.73 Å². The smallest absolute Gasteiger partial charge is 0.251 e. The monoisotopic (exact) mass is 259 g/mol. The summed E-state index contributed by atoms with van der Waals surface area (Å²) in [7, 11) is 0. The van der Waals surface area contributed by atoms with E-state index in [1.54, 1.807) is 0 Å². The molecule has 0 saturated carbocycles. The molecule has 0 atom stereocenters. The average Bonchev–Trinajstić information content (AvgIpc) is 2.46. The summed E-state index contributed by atoms with van der Waals surface area (Å²) in [4.78, 5) is 14.1. The molecule has 1 fully saturated rings. The zero-order chi connectivity index (χ0) is 13.7. The van der Waals surface area contributed by atoms with Gasteiger partial charge in [0.2, 0.25) is 0 Å². The number of nitrogens with zero attached hydrogens (tertiary/aromatic N) is 1. The summed E-state index contributed by atoms with van der Waals surface area (Å²) >= 11 is 0. The fourth-order valence-corrected chi connectivity index (χ4v) is 2.55. The van der Waals surface area contributed by atoms with Gasteiger partial charge in [-0.25, -0.2) is 0 Å². The van der Waals surface area contributed by atoms with Crippen LogP contribution in [0.2, 0.25) is 0 Å². The van der Waals surface area contributed by atoms with Gasteiger partial charge in [-0.3, -0.25) is 4.79 Å². The van der Waals surface area contributed by atoms with Crippen LogP contribution >= 0.6 is 0 Å². The highest BCUT2D eigenvalue weighted by molar-refractivity contribution is 6.19. The first-order valence-electron chi connectivity index (χ1n) is 6.78. The normalized spacial score (nSPS) is 17.0. The minimum atomic E-state index is -0.346. The van der Waals surface area contributed by atoms with E-state index in [9.17, 15) is 4.79 Å². The predicted octanol–water partition coefficient (Wildman–Crippen LogP) is 1.20. The number of primary amides is 1. The minimum Gasteiger partial charge on any atom is -0.372 e.